The predicted molar refractivity (Wildman–Crippen MR) is 82.0 cm³/mol. The zero-order chi connectivity index (χ0) is 16.9. The highest BCUT2D eigenvalue weighted by Gasteiger charge is 2.20. The van der Waals surface area contributed by atoms with Gasteiger partial charge in [-0.05, 0) is 24.6 Å². The summed E-state index contributed by atoms with van der Waals surface area (Å²) in [6.07, 6.45) is 0. The van der Waals surface area contributed by atoms with E-state index in [-0.39, 0.29) is 30.3 Å². The number of aromatic carboxylic acids is 1. The molecular weight excluding hydrogens is 308 g/mol. The molecule has 0 unspecified atom stereocenters. The first-order valence-electron chi connectivity index (χ1n) is 6.67. The van der Waals surface area contributed by atoms with E-state index in [4.69, 9.17) is 5.11 Å². The van der Waals surface area contributed by atoms with Gasteiger partial charge in [0.15, 0.2) is 0 Å². The molecule has 122 valence electrons. The van der Waals surface area contributed by atoms with Gasteiger partial charge in [0.05, 0.1) is 17.9 Å². The number of rotatable bonds is 7. The third-order valence-corrected chi connectivity index (χ3v) is 5.05. The van der Waals surface area contributed by atoms with Crippen molar-refractivity contribution in [3.05, 3.63) is 35.4 Å². The molecule has 1 amide bonds. The number of hydrogen-bond donors (Lipinski definition) is 1. The molecule has 1 aromatic rings. The van der Waals surface area contributed by atoms with Gasteiger partial charge in [-0.2, -0.15) is 4.31 Å². The molecule has 22 heavy (non-hydrogen) atoms. The number of sulfonamides is 1. The van der Waals surface area contributed by atoms with Crippen LogP contribution in [0.3, 0.4) is 0 Å². The Hall–Kier alpha value is -1.93. The number of carboxylic acids is 1. The van der Waals surface area contributed by atoms with Crippen molar-refractivity contribution < 1.29 is 23.1 Å². The standard InChI is InChI=1S/C14H20N2O5S/c1-4-22(20,21)16(3)10-13(17)15(2)9-11-5-7-12(8-6-11)14(18)19/h5-8H,4,9-10H2,1-3H3,(H,18,19). The van der Waals surface area contributed by atoms with Crippen molar-refractivity contribution in [3.63, 3.8) is 0 Å². The van der Waals surface area contributed by atoms with Crippen molar-refractivity contribution in [1.29, 1.82) is 0 Å². The zero-order valence-electron chi connectivity index (χ0n) is 12.8. The maximum Gasteiger partial charge on any atom is 0.335 e. The van der Waals surface area contributed by atoms with Gasteiger partial charge in [-0.3, -0.25) is 4.79 Å². The molecule has 8 heteroatoms. The first kappa shape index (κ1) is 18.1. The van der Waals surface area contributed by atoms with Crippen molar-refractivity contribution in [2.75, 3.05) is 26.4 Å². The van der Waals surface area contributed by atoms with E-state index in [9.17, 15) is 18.0 Å². The van der Waals surface area contributed by atoms with Crippen LogP contribution in [0.15, 0.2) is 24.3 Å². The molecular formula is C14H20N2O5S. The van der Waals surface area contributed by atoms with Crippen molar-refractivity contribution in [1.82, 2.24) is 9.21 Å². The average molecular weight is 328 g/mol. The van der Waals surface area contributed by atoms with Gasteiger partial charge in [0.2, 0.25) is 15.9 Å². The Morgan fingerprint density at radius 3 is 2.14 bits per heavy atom. The summed E-state index contributed by atoms with van der Waals surface area (Å²) in [4.78, 5) is 24.2. The number of benzene rings is 1. The Kier molecular flexibility index (Phi) is 6.07. The number of likely N-dealkylation sites (N-methyl/N-ethyl adjacent to an activating group) is 2. The third-order valence-electron chi connectivity index (χ3n) is 3.24. The fourth-order valence-electron chi connectivity index (χ4n) is 1.74. The number of carbonyl (C=O) groups is 2. The first-order valence-corrected chi connectivity index (χ1v) is 8.28. The molecule has 0 aromatic heterocycles. The summed E-state index contributed by atoms with van der Waals surface area (Å²) < 4.78 is 24.3. The van der Waals surface area contributed by atoms with Crippen LogP contribution in [-0.4, -0.2) is 61.0 Å². The Morgan fingerprint density at radius 2 is 1.68 bits per heavy atom. The van der Waals surface area contributed by atoms with Crippen LogP contribution < -0.4 is 0 Å². The quantitative estimate of drug-likeness (QED) is 0.792. The lowest BCUT2D eigenvalue weighted by atomic mass is 10.1. The van der Waals surface area contributed by atoms with Crippen molar-refractivity contribution in [2.45, 2.75) is 13.5 Å². The van der Waals surface area contributed by atoms with E-state index in [0.717, 1.165) is 9.87 Å². The van der Waals surface area contributed by atoms with Gasteiger partial charge in [-0.25, -0.2) is 13.2 Å². The minimum Gasteiger partial charge on any atom is -0.478 e. The zero-order valence-corrected chi connectivity index (χ0v) is 13.6. The SMILES string of the molecule is CCS(=O)(=O)N(C)CC(=O)N(C)Cc1ccc(C(=O)O)cc1. The van der Waals surface area contributed by atoms with E-state index in [2.05, 4.69) is 0 Å². The summed E-state index contributed by atoms with van der Waals surface area (Å²) in [5, 5.41) is 8.82. The summed E-state index contributed by atoms with van der Waals surface area (Å²) in [6.45, 7) is 1.57. The Labute approximate surface area is 130 Å². The molecule has 0 atom stereocenters. The summed E-state index contributed by atoms with van der Waals surface area (Å²) >= 11 is 0. The lowest BCUT2D eigenvalue weighted by Gasteiger charge is -2.21. The highest BCUT2D eigenvalue weighted by Crippen LogP contribution is 2.08. The topological polar surface area (TPSA) is 95.0 Å². The monoisotopic (exact) mass is 328 g/mol. The summed E-state index contributed by atoms with van der Waals surface area (Å²) in [7, 11) is -0.458. The van der Waals surface area contributed by atoms with E-state index >= 15 is 0 Å². The predicted octanol–water partition coefficient (Wildman–Crippen LogP) is 0.625. The van der Waals surface area contributed by atoms with E-state index in [1.165, 1.54) is 31.0 Å². The maximum absolute atomic E-state index is 12.0. The number of amides is 1. The highest BCUT2D eigenvalue weighted by molar-refractivity contribution is 7.89. The summed E-state index contributed by atoms with van der Waals surface area (Å²) in [5.74, 6) is -1.40. The molecule has 7 nitrogen and oxygen atoms in total. The minimum atomic E-state index is -3.39. The van der Waals surface area contributed by atoms with Crippen molar-refractivity contribution in [3.8, 4) is 0 Å². The fourth-order valence-corrected chi connectivity index (χ4v) is 2.49. The van der Waals surface area contributed by atoms with Gasteiger partial charge in [0, 0.05) is 20.6 Å². The molecule has 0 aliphatic heterocycles. The second-order valence-corrected chi connectivity index (χ2v) is 7.27. The van der Waals surface area contributed by atoms with Crippen LogP contribution in [0.1, 0.15) is 22.8 Å². The van der Waals surface area contributed by atoms with Gasteiger partial charge >= 0.3 is 5.97 Å². The second kappa shape index (κ2) is 7.37. The highest BCUT2D eigenvalue weighted by atomic mass is 32.2. The molecule has 0 aliphatic carbocycles. The smallest absolute Gasteiger partial charge is 0.335 e. The molecule has 0 aliphatic rings. The maximum atomic E-state index is 12.0. The normalized spacial score (nSPS) is 11.5. The molecule has 0 radical (unpaired) electrons. The second-order valence-electron chi connectivity index (χ2n) is 4.91. The molecule has 0 heterocycles. The Balaban J connectivity index is 2.66. The van der Waals surface area contributed by atoms with Crippen molar-refractivity contribution in [2.24, 2.45) is 0 Å². The Morgan fingerprint density at radius 1 is 1.14 bits per heavy atom. The molecule has 0 spiro atoms. The minimum absolute atomic E-state index is 0.0584. The van der Waals surface area contributed by atoms with Crippen LogP contribution in [-0.2, 0) is 21.4 Å². The molecule has 0 fully saturated rings. The van der Waals surface area contributed by atoms with E-state index in [0.29, 0.717) is 0 Å². The molecule has 0 bridgehead atoms. The molecule has 1 aromatic carbocycles. The van der Waals surface area contributed by atoms with Crippen molar-refractivity contribution >= 4 is 21.9 Å². The van der Waals surface area contributed by atoms with Gasteiger partial charge in [-0.1, -0.05) is 12.1 Å². The van der Waals surface area contributed by atoms with Crippen LogP contribution in [0.5, 0.6) is 0 Å². The first-order chi connectivity index (χ1) is 10.2. The largest absolute Gasteiger partial charge is 0.478 e. The molecule has 1 N–H and O–H groups in total. The number of hydrogen-bond acceptors (Lipinski definition) is 4. The van der Waals surface area contributed by atoms with E-state index in [1.54, 1.807) is 19.2 Å². The van der Waals surface area contributed by atoms with Crippen LogP contribution >= 0.6 is 0 Å². The molecule has 1 rings (SSSR count). The summed E-state index contributed by atoms with van der Waals surface area (Å²) in [6, 6.07) is 6.17. The summed E-state index contributed by atoms with van der Waals surface area (Å²) in [5.41, 5.74) is 0.938. The van der Waals surface area contributed by atoms with E-state index in [1.807, 2.05) is 0 Å². The van der Waals surface area contributed by atoms with Gasteiger partial charge in [-0.15, -0.1) is 0 Å². The number of carboxylic acid groups (broad SMARTS) is 1. The third kappa shape index (κ3) is 4.81. The van der Waals surface area contributed by atoms with Crippen LogP contribution in [0.25, 0.3) is 0 Å². The molecule has 0 saturated heterocycles. The lowest BCUT2D eigenvalue weighted by molar-refractivity contribution is -0.130. The van der Waals surface area contributed by atoms with Crippen LogP contribution in [0.4, 0.5) is 0 Å². The van der Waals surface area contributed by atoms with Crippen LogP contribution in [0, 0.1) is 0 Å². The molecule has 0 saturated carbocycles. The average Bonchev–Trinajstić information content (AvgIpc) is 2.47. The number of nitrogens with zero attached hydrogens (tertiary/aromatic N) is 2. The number of carbonyl (C=O) groups excluding carboxylic acids is 1. The fraction of sp³-hybridized carbons (Fsp3) is 0.429. The Bertz CT molecular complexity index is 640. The van der Waals surface area contributed by atoms with E-state index < -0.39 is 16.0 Å². The lowest BCUT2D eigenvalue weighted by Crippen LogP contribution is -2.39. The van der Waals surface area contributed by atoms with Gasteiger partial charge in [0.25, 0.3) is 0 Å². The van der Waals surface area contributed by atoms with Gasteiger partial charge in [0.1, 0.15) is 0 Å². The van der Waals surface area contributed by atoms with Crippen LogP contribution in [0.2, 0.25) is 0 Å². The van der Waals surface area contributed by atoms with Gasteiger partial charge < -0.3 is 10.0 Å².